The molecule has 3 heterocycles. The van der Waals surface area contributed by atoms with Crippen LogP contribution in [-0.2, 0) is 11.3 Å². The number of hydrogen-bond acceptors (Lipinski definition) is 5. The van der Waals surface area contributed by atoms with E-state index in [1.54, 1.807) is 0 Å². The van der Waals surface area contributed by atoms with E-state index in [4.69, 9.17) is 9.72 Å². The van der Waals surface area contributed by atoms with Crippen LogP contribution >= 0.6 is 0 Å². The molecule has 3 aromatic rings. The van der Waals surface area contributed by atoms with Gasteiger partial charge in [-0.1, -0.05) is 30.3 Å². The van der Waals surface area contributed by atoms with Crippen molar-refractivity contribution in [2.45, 2.75) is 26.5 Å². The summed E-state index contributed by atoms with van der Waals surface area (Å²) in [6, 6.07) is 14.1. The van der Waals surface area contributed by atoms with Crippen LogP contribution in [-0.4, -0.2) is 45.5 Å². The molecule has 6 heteroatoms. The first-order valence-electron chi connectivity index (χ1n) is 8.95. The quantitative estimate of drug-likeness (QED) is 0.725. The lowest BCUT2D eigenvalue weighted by molar-refractivity contribution is 0.0267. The van der Waals surface area contributed by atoms with Crippen molar-refractivity contribution in [3.05, 3.63) is 60.0 Å². The summed E-state index contributed by atoms with van der Waals surface area (Å²) in [5.41, 5.74) is 3.23. The molecule has 1 atom stereocenters. The van der Waals surface area contributed by atoms with E-state index in [-0.39, 0.29) is 6.10 Å². The monoisotopic (exact) mass is 349 g/mol. The average molecular weight is 349 g/mol. The first kappa shape index (κ1) is 16.7. The van der Waals surface area contributed by atoms with Crippen LogP contribution in [0.5, 0.6) is 0 Å². The lowest BCUT2D eigenvalue weighted by Gasteiger charge is -2.34. The van der Waals surface area contributed by atoms with Crippen molar-refractivity contribution in [1.29, 1.82) is 0 Å². The van der Waals surface area contributed by atoms with E-state index in [2.05, 4.69) is 28.0 Å². The van der Waals surface area contributed by atoms with Crippen molar-refractivity contribution in [1.82, 2.24) is 19.7 Å². The Morgan fingerprint density at radius 2 is 2.00 bits per heavy atom. The number of benzene rings is 1. The molecule has 1 aliphatic heterocycles. The van der Waals surface area contributed by atoms with Gasteiger partial charge in [-0.05, 0) is 26.0 Å². The third kappa shape index (κ3) is 3.60. The number of nitrogens with zero attached hydrogens (tertiary/aromatic N) is 5. The molecule has 26 heavy (non-hydrogen) atoms. The Hall–Kier alpha value is -2.73. The number of aryl methyl sites for hydroxylation is 2. The lowest BCUT2D eigenvalue weighted by atomic mass is 10.2. The van der Waals surface area contributed by atoms with E-state index in [1.165, 1.54) is 0 Å². The maximum absolute atomic E-state index is 5.97. The first-order chi connectivity index (χ1) is 12.7. The molecule has 134 valence electrons. The van der Waals surface area contributed by atoms with Gasteiger partial charge in [-0.15, -0.1) is 0 Å². The van der Waals surface area contributed by atoms with Gasteiger partial charge in [0.15, 0.2) is 5.82 Å². The number of aromatic nitrogens is 4. The average Bonchev–Trinajstić information content (AvgIpc) is 3.00. The molecule has 0 radical (unpaired) electrons. The molecule has 1 unspecified atom stereocenters. The molecular weight excluding hydrogens is 326 g/mol. The molecule has 0 N–H and O–H groups in total. The second kappa shape index (κ2) is 7.25. The minimum Gasteiger partial charge on any atom is -0.373 e. The van der Waals surface area contributed by atoms with Gasteiger partial charge < -0.3 is 9.64 Å². The summed E-state index contributed by atoms with van der Waals surface area (Å²) in [6.07, 6.45) is 1.92. The molecular formula is C20H23N5O. The number of ether oxygens (including phenoxy) is 1. The van der Waals surface area contributed by atoms with Gasteiger partial charge >= 0.3 is 0 Å². The minimum absolute atomic E-state index is 0.0943. The molecule has 4 rings (SSSR count). The molecule has 0 aliphatic carbocycles. The van der Waals surface area contributed by atoms with Gasteiger partial charge in [-0.25, -0.2) is 9.97 Å². The zero-order valence-electron chi connectivity index (χ0n) is 15.2. The third-order valence-electron chi connectivity index (χ3n) is 4.62. The molecule has 6 nitrogen and oxygen atoms in total. The largest absolute Gasteiger partial charge is 0.373 e. The normalized spacial score (nSPS) is 17.5. The maximum Gasteiger partial charge on any atom is 0.161 e. The highest BCUT2D eigenvalue weighted by Gasteiger charge is 2.23. The molecule has 1 fully saturated rings. The molecule has 2 aromatic heterocycles. The Bertz CT molecular complexity index is 877. The highest BCUT2D eigenvalue weighted by molar-refractivity contribution is 5.57. The Balaban J connectivity index is 1.50. The van der Waals surface area contributed by atoms with Crippen LogP contribution in [0.1, 0.15) is 11.4 Å². The van der Waals surface area contributed by atoms with E-state index in [0.29, 0.717) is 6.61 Å². The molecule has 0 amide bonds. The summed E-state index contributed by atoms with van der Waals surface area (Å²) in [6.45, 7) is 7.17. The number of morpholine rings is 1. The van der Waals surface area contributed by atoms with Crippen LogP contribution in [0.15, 0.2) is 48.7 Å². The SMILES string of the molecule is Cc1cc(C)n(CC2CN(c3ccnc(-c4ccccc4)n3)CCO2)n1. The van der Waals surface area contributed by atoms with Crippen LogP contribution < -0.4 is 4.90 Å². The second-order valence-corrected chi connectivity index (χ2v) is 6.65. The van der Waals surface area contributed by atoms with Gasteiger partial charge in [0.2, 0.25) is 0 Å². The van der Waals surface area contributed by atoms with E-state index in [9.17, 15) is 0 Å². The molecule has 1 aliphatic rings. The van der Waals surface area contributed by atoms with Crippen molar-refractivity contribution in [3.63, 3.8) is 0 Å². The zero-order valence-corrected chi connectivity index (χ0v) is 15.2. The van der Waals surface area contributed by atoms with Gasteiger partial charge in [0.25, 0.3) is 0 Å². The predicted octanol–water partition coefficient (Wildman–Crippen LogP) is 2.86. The predicted molar refractivity (Wildman–Crippen MR) is 101 cm³/mol. The molecule has 1 aromatic carbocycles. The van der Waals surface area contributed by atoms with E-state index >= 15 is 0 Å². The fraction of sp³-hybridized carbons (Fsp3) is 0.350. The number of rotatable bonds is 4. The molecule has 1 saturated heterocycles. The highest BCUT2D eigenvalue weighted by atomic mass is 16.5. The summed E-state index contributed by atoms with van der Waals surface area (Å²) in [5, 5.41) is 4.55. The highest BCUT2D eigenvalue weighted by Crippen LogP contribution is 2.20. The van der Waals surface area contributed by atoms with Crippen molar-refractivity contribution in [2.75, 3.05) is 24.6 Å². The minimum atomic E-state index is 0.0943. The van der Waals surface area contributed by atoms with Crippen LogP contribution in [0.25, 0.3) is 11.4 Å². The van der Waals surface area contributed by atoms with Crippen molar-refractivity contribution in [2.24, 2.45) is 0 Å². The number of anilines is 1. The first-order valence-corrected chi connectivity index (χ1v) is 8.95. The van der Waals surface area contributed by atoms with Crippen LogP contribution in [0.3, 0.4) is 0 Å². The lowest BCUT2D eigenvalue weighted by Crippen LogP contribution is -2.45. The Morgan fingerprint density at radius 3 is 2.77 bits per heavy atom. The van der Waals surface area contributed by atoms with Crippen LogP contribution in [0.2, 0.25) is 0 Å². The molecule has 0 saturated carbocycles. The summed E-state index contributed by atoms with van der Waals surface area (Å²) >= 11 is 0. The fourth-order valence-corrected chi connectivity index (χ4v) is 3.34. The van der Waals surface area contributed by atoms with E-state index < -0.39 is 0 Å². The fourth-order valence-electron chi connectivity index (χ4n) is 3.34. The van der Waals surface area contributed by atoms with Crippen LogP contribution in [0, 0.1) is 13.8 Å². The van der Waals surface area contributed by atoms with Crippen molar-refractivity contribution < 1.29 is 4.74 Å². The Kier molecular flexibility index (Phi) is 4.67. The molecule has 0 bridgehead atoms. The summed E-state index contributed by atoms with van der Waals surface area (Å²) < 4.78 is 7.99. The van der Waals surface area contributed by atoms with Gasteiger partial charge in [0.05, 0.1) is 24.9 Å². The van der Waals surface area contributed by atoms with Gasteiger partial charge in [0, 0.05) is 30.5 Å². The van der Waals surface area contributed by atoms with E-state index in [0.717, 1.165) is 48.2 Å². The van der Waals surface area contributed by atoms with Crippen molar-refractivity contribution in [3.8, 4) is 11.4 Å². The standard InChI is InChI=1S/C20H23N5O/c1-15-12-16(2)25(23-15)14-18-13-24(10-11-26-18)19-8-9-21-20(22-19)17-6-4-3-5-7-17/h3-9,12,18H,10-11,13-14H2,1-2H3. The number of hydrogen-bond donors (Lipinski definition) is 0. The van der Waals surface area contributed by atoms with Gasteiger partial charge in [-0.3, -0.25) is 4.68 Å². The smallest absolute Gasteiger partial charge is 0.161 e. The third-order valence-corrected chi connectivity index (χ3v) is 4.62. The van der Waals surface area contributed by atoms with Crippen molar-refractivity contribution >= 4 is 5.82 Å². The molecule has 0 spiro atoms. The summed E-state index contributed by atoms with van der Waals surface area (Å²) in [4.78, 5) is 11.5. The Labute approximate surface area is 153 Å². The Morgan fingerprint density at radius 1 is 1.15 bits per heavy atom. The van der Waals surface area contributed by atoms with E-state index in [1.807, 2.05) is 54.2 Å². The van der Waals surface area contributed by atoms with Gasteiger partial charge in [0.1, 0.15) is 5.82 Å². The topological polar surface area (TPSA) is 56.1 Å². The second-order valence-electron chi connectivity index (χ2n) is 6.65. The van der Waals surface area contributed by atoms with Crippen LogP contribution in [0.4, 0.5) is 5.82 Å². The zero-order chi connectivity index (χ0) is 17.9. The summed E-state index contributed by atoms with van der Waals surface area (Å²) in [5.74, 6) is 1.70. The summed E-state index contributed by atoms with van der Waals surface area (Å²) in [7, 11) is 0. The van der Waals surface area contributed by atoms with Gasteiger partial charge in [-0.2, -0.15) is 5.10 Å². The maximum atomic E-state index is 5.97.